The molecule has 0 fully saturated rings. The number of ether oxygens (including phenoxy) is 1. The SMILES string of the molecule is Cc1cc([N+](=O)[O-])ccc1Oc1c(C)cccc1C#N. The molecule has 100 valence electrons. The number of nitrogens with zero attached hydrogens (tertiary/aromatic N) is 2. The molecule has 0 saturated heterocycles. The van der Waals surface area contributed by atoms with Crippen molar-refractivity contribution in [2.45, 2.75) is 13.8 Å². The minimum atomic E-state index is -0.453. The maximum Gasteiger partial charge on any atom is 0.269 e. The first-order valence-electron chi connectivity index (χ1n) is 5.95. The predicted molar refractivity (Wildman–Crippen MR) is 73.8 cm³/mol. The van der Waals surface area contributed by atoms with Crippen molar-refractivity contribution in [3.63, 3.8) is 0 Å². The largest absolute Gasteiger partial charge is 0.455 e. The van der Waals surface area contributed by atoms with Gasteiger partial charge < -0.3 is 4.74 Å². The highest BCUT2D eigenvalue weighted by Crippen LogP contribution is 2.32. The van der Waals surface area contributed by atoms with Crippen LogP contribution in [0.4, 0.5) is 5.69 Å². The maximum atomic E-state index is 10.7. The third kappa shape index (κ3) is 2.59. The summed E-state index contributed by atoms with van der Waals surface area (Å²) in [5.41, 5.74) is 1.93. The lowest BCUT2D eigenvalue weighted by Crippen LogP contribution is -1.95. The van der Waals surface area contributed by atoms with Gasteiger partial charge in [-0.05, 0) is 37.1 Å². The Balaban J connectivity index is 2.41. The summed E-state index contributed by atoms with van der Waals surface area (Å²) in [4.78, 5) is 10.2. The van der Waals surface area contributed by atoms with Gasteiger partial charge in [0, 0.05) is 12.1 Å². The third-order valence-corrected chi connectivity index (χ3v) is 2.91. The molecule has 0 N–H and O–H groups in total. The van der Waals surface area contributed by atoms with Crippen molar-refractivity contribution in [2.75, 3.05) is 0 Å². The number of nitro benzene ring substituents is 1. The minimum absolute atomic E-state index is 0.0140. The number of nitro groups is 1. The Hall–Kier alpha value is -2.87. The molecular formula is C15H12N2O3. The summed E-state index contributed by atoms with van der Waals surface area (Å²) in [6.45, 7) is 3.57. The Morgan fingerprint density at radius 1 is 1.20 bits per heavy atom. The molecule has 0 saturated carbocycles. The van der Waals surface area contributed by atoms with E-state index < -0.39 is 4.92 Å². The van der Waals surface area contributed by atoms with Crippen LogP contribution in [0.3, 0.4) is 0 Å². The van der Waals surface area contributed by atoms with Crippen LogP contribution in [0, 0.1) is 35.3 Å². The second-order valence-corrected chi connectivity index (χ2v) is 4.37. The van der Waals surface area contributed by atoms with Gasteiger partial charge in [0.25, 0.3) is 5.69 Å². The Morgan fingerprint density at radius 3 is 2.55 bits per heavy atom. The van der Waals surface area contributed by atoms with Gasteiger partial charge in [0.1, 0.15) is 17.6 Å². The molecule has 2 aromatic rings. The Labute approximate surface area is 116 Å². The summed E-state index contributed by atoms with van der Waals surface area (Å²) in [5.74, 6) is 0.980. The smallest absolute Gasteiger partial charge is 0.269 e. The molecule has 5 nitrogen and oxygen atoms in total. The summed E-state index contributed by atoms with van der Waals surface area (Å²) < 4.78 is 5.75. The summed E-state index contributed by atoms with van der Waals surface area (Å²) in [6.07, 6.45) is 0. The highest BCUT2D eigenvalue weighted by Gasteiger charge is 2.12. The van der Waals surface area contributed by atoms with Gasteiger partial charge in [-0.25, -0.2) is 0 Å². The maximum absolute atomic E-state index is 10.7. The Bertz CT molecular complexity index is 718. The number of non-ortho nitro benzene ring substituents is 1. The van der Waals surface area contributed by atoms with E-state index >= 15 is 0 Å². The van der Waals surface area contributed by atoms with Crippen molar-refractivity contribution in [2.24, 2.45) is 0 Å². The van der Waals surface area contributed by atoms with Crippen LogP contribution < -0.4 is 4.74 Å². The van der Waals surface area contributed by atoms with E-state index in [4.69, 9.17) is 10.00 Å². The molecule has 0 amide bonds. The zero-order valence-corrected chi connectivity index (χ0v) is 11.1. The van der Waals surface area contributed by atoms with Crippen LogP contribution in [0.25, 0.3) is 0 Å². The summed E-state index contributed by atoms with van der Waals surface area (Å²) in [7, 11) is 0. The third-order valence-electron chi connectivity index (χ3n) is 2.91. The van der Waals surface area contributed by atoms with Gasteiger partial charge in [-0.1, -0.05) is 12.1 Å². The number of nitriles is 1. The van der Waals surface area contributed by atoms with E-state index in [1.165, 1.54) is 12.1 Å². The van der Waals surface area contributed by atoms with Crippen molar-refractivity contribution in [3.8, 4) is 17.6 Å². The fourth-order valence-corrected chi connectivity index (χ4v) is 1.85. The van der Waals surface area contributed by atoms with Crippen LogP contribution in [0.5, 0.6) is 11.5 Å². The molecule has 0 spiro atoms. The van der Waals surface area contributed by atoms with Crippen LogP contribution in [-0.2, 0) is 0 Å². The van der Waals surface area contributed by atoms with E-state index in [-0.39, 0.29) is 5.69 Å². The van der Waals surface area contributed by atoms with E-state index in [1.54, 1.807) is 25.1 Å². The molecule has 0 aliphatic carbocycles. The number of hydrogen-bond donors (Lipinski definition) is 0. The zero-order valence-electron chi connectivity index (χ0n) is 11.1. The number of rotatable bonds is 3. The van der Waals surface area contributed by atoms with E-state index in [0.29, 0.717) is 22.6 Å². The van der Waals surface area contributed by atoms with Crippen LogP contribution in [0.2, 0.25) is 0 Å². The molecule has 20 heavy (non-hydrogen) atoms. The molecule has 0 aliphatic heterocycles. The van der Waals surface area contributed by atoms with Gasteiger partial charge in [0.2, 0.25) is 0 Å². The highest BCUT2D eigenvalue weighted by molar-refractivity contribution is 5.52. The molecule has 0 aliphatic rings. The molecule has 0 radical (unpaired) electrons. The van der Waals surface area contributed by atoms with Gasteiger partial charge in [0.05, 0.1) is 10.5 Å². The van der Waals surface area contributed by atoms with Crippen molar-refractivity contribution in [3.05, 3.63) is 63.2 Å². The molecule has 0 atom stereocenters. The number of aryl methyl sites for hydroxylation is 2. The predicted octanol–water partition coefficient (Wildman–Crippen LogP) is 3.88. The topological polar surface area (TPSA) is 76.2 Å². The minimum Gasteiger partial charge on any atom is -0.455 e. The van der Waals surface area contributed by atoms with Gasteiger partial charge in [-0.2, -0.15) is 5.26 Å². The lowest BCUT2D eigenvalue weighted by atomic mass is 10.1. The van der Waals surface area contributed by atoms with E-state index in [0.717, 1.165) is 5.56 Å². The Kier molecular flexibility index (Phi) is 3.67. The standard InChI is InChI=1S/C15H12N2O3/c1-10-4-3-5-12(9-16)15(10)20-14-7-6-13(17(18)19)8-11(14)2/h3-8H,1-2H3. The quantitative estimate of drug-likeness (QED) is 0.625. The van der Waals surface area contributed by atoms with Gasteiger partial charge in [0.15, 0.2) is 0 Å². The van der Waals surface area contributed by atoms with Crippen molar-refractivity contribution >= 4 is 5.69 Å². The van der Waals surface area contributed by atoms with Crippen molar-refractivity contribution < 1.29 is 9.66 Å². The average Bonchev–Trinajstić information content (AvgIpc) is 2.42. The molecule has 2 aromatic carbocycles. The normalized spacial score (nSPS) is 9.85. The lowest BCUT2D eigenvalue weighted by Gasteiger charge is -2.12. The van der Waals surface area contributed by atoms with Crippen molar-refractivity contribution in [1.82, 2.24) is 0 Å². The number of para-hydroxylation sites is 1. The first-order valence-corrected chi connectivity index (χ1v) is 5.95. The lowest BCUT2D eigenvalue weighted by molar-refractivity contribution is -0.384. The summed E-state index contributed by atoms with van der Waals surface area (Å²) >= 11 is 0. The first-order chi connectivity index (χ1) is 9.52. The van der Waals surface area contributed by atoms with Crippen LogP contribution >= 0.6 is 0 Å². The first kappa shape index (κ1) is 13.6. The van der Waals surface area contributed by atoms with Crippen LogP contribution in [0.15, 0.2) is 36.4 Å². The fourth-order valence-electron chi connectivity index (χ4n) is 1.85. The van der Waals surface area contributed by atoms with E-state index in [1.807, 2.05) is 13.0 Å². The highest BCUT2D eigenvalue weighted by atomic mass is 16.6. The molecule has 0 bridgehead atoms. The van der Waals surface area contributed by atoms with Gasteiger partial charge >= 0.3 is 0 Å². The molecular weight excluding hydrogens is 256 g/mol. The van der Waals surface area contributed by atoms with Gasteiger partial charge in [-0.15, -0.1) is 0 Å². The van der Waals surface area contributed by atoms with Crippen LogP contribution in [0.1, 0.15) is 16.7 Å². The molecule has 2 rings (SSSR count). The summed E-state index contributed by atoms with van der Waals surface area (Å²) in [6, 6.07) is 11.7. The number of hydrogen-bond acceptors (Lipinski definition) is 4. The molecule has 0 heterocycles. The van der Waals surface area contributed by atoms with Crippen LogP contribution in [-0.4, -0.2) is 4.92 Å². The Morgan fingerprint density at radius 2 is 1.95 bits per heavy atom. The molecule has 0 unspecified atom stereocenters. The molecule has 0 aromatic heterocycles. The number of benzene rings is 2. The summed E-state index contributed by atoms with van der Waals surface area (Å²) in [5, 5.41) is 19.8. The monoisotopic (exact) mass is 268 g/mol. The molecule has 5 heteroatoms. The fraction of sp³-hybridized carbons (Fsp3) is 0.133. The van der Waals surface area contributed by atoms with E-state index in [9.17, 15) is 10.1 Å². The van der Waals surface area contributed by atoms with Gasteiger partial charge in [-0.3, -0.25) is 10.1 Å². The second kappa shape index (κ2) is 5.41. The average molecular weight is 268 g/mol. The zero-order chi connectivity index (χ0) is 14.7. The van der Waals surface area contributed by atoms with Crippen molar-refractivity contribution in [1.29, 1.82) is 5.26 Å². The van der Waals surface area contributed by atoms with E-state index in [2.05, 4.69) is 6.07 Å². The second-order valence-electron chi connectivity index (χ2n) is 4.37.